The fourth-order valence-corrected chi connectivity index (χ4v) is 4.12. The van der Waals surface area contributed by atoms with Crippen LogP contribution in [-0.2, 0) is 9.53 Å². The topological polar surface area (TPSA) is 112 Å². The molecule has 0 bridgehead atoms. The van der Waals surface area contributed by atoms with Crippen LogP contribution in [0.3, 0.4) is 0 Å². The molecule has 0 radical (unpaired) electrons. The lowest BCUT2D eigenvalue weighted by Crippen LogP contribution is -2.32. The molecule has 0 aliphatic carbocycles. The highest BCUT2D eigenvalue weighted by Crippen LogP contribution is 2.34. The molecule has 0 aliphatic rings. The molecule has 0 atom stereocenters. The Morgan fingerprint density at radius 2 is 1.95 bits per heavy atom. The predicted molar refractivity (Wildman–Crippen MR) is 150 cm³/mol. The summed E-state index contributed by atoms with van der Waals surface area (Å²) in [4.78, 5) is 25.5. The minimum absolute atomic E-state index is 0.134. The number of rotatable bonds is 10. The van der Waals surface area contributed by atoms with Gasteiger partial charge in [0.2, 0.25) is 0 Å². The van der Waals surface area contributed by atoms with Gasteiger partial charge in [-0.1, -0.05) is 24.3 Å². The number of carbonyl (C=O) groups is 1. The fourth-order valence-electron chi connectivity index (χ4n) is 4.12. The van der Waals surface area contributed by atoms with Gasteiger partial charge in [-0.05, 0) is 50.8 Å². The largest absolute Gasteiger partial charge is 0.496 e. The number of hydrogen-bond acceptors (Lipinski definition) is 8. The Bertz CT molecular complexity index is 1460. The summed E-state index contributed by atoms with van der Waals surface area (Å²) in [5.74, 6) is 0.942. The second-order valence-electron chi connectivity index (χ2n) is 9.07. The first-order valence-electron chi connectivity index (χ1n) is 12.2. The van der Waals surface area contributed by atoms with E-state index in [0.717, 1.165) is 22.6 Å². The van der Waals surface area contributed by atoms with Crippen molar-refractivity contribution in [2.75, 3.05) is 58.6 Å². The number of aryl methyl sites for hydroxylation is 1. The van der Waals surface area contributed by atoms with Gasteiger partial charge in [0.25, 0.3) is 5.91 Å². The summed E-state index contributed by atoms with van der Waals surface area (Å²) in [6.45, 7) is 3.44. The second kappa shape index (κ2) is 11.8. The van der Waals surface area contributed by atoms with Crippen LogP contribution in [-0.4, -0.2) is 78.6 Å². The maximum Gasteiger partial charge on any atom is 0.250 e. The molecule has 2 aromatic carbocycles. The normalized spacial score (nSPS) is 11.5. The molecule has 0 unspecified atom stereocenters. The molecule has 0 saturated carbocycles. The van der Waals surface area contributed by atoms with E-state index in [1.807, 2.05) is 74.5 Å². The molecule has 2 N–H and O–H groups in total. The van der Waals surface area contributed by atoms with Gasteiger partial charge in [0.05, 0.1) is 24.8 Å². The number of nitrogen functional groups attached to an aromatic ring is 1. The van der Waals surface area contributed by atoms with Crippen molar-refractivity contribution in [3.05, 3.63) is 66.5 Å². The lowest BCUT2D eigenvalue weighted by atomic mass is 10.1. The maximum atomic E-state index is 13.1. The number of methoxy groups -OCH3 is 2. The van der Waals surface area contributed by atoms with E-state index in [-0.39, 0.29) is 5.91 Å². The Morgan fingerprint density at radius 3 is 2.68 bits per heavy atom. The number of aromatic nitrogens is 4. The van der Waals surface area contributed by atoms with E-state index >= 15 is 0 Å². The van der Waals surface area contributed by atoms with Gasteiger partial charge >= 0.3 is 0 Å². The average molecular weight is 516 g/mol. The van der Waals surface area contributed by atoms with E-state index in [9.17, 15) is 4.79 Å². The molecule has 0 spiro atoms. The molecule has 198 valence electrons. The van der Waals surface area contributed by atoms with E-state index in [1.54, 1.807) is 29.9 Å². The first kappa shape index (κ1) is 26.8. The van der Waals surface area contributed by atoms with Crippen molar-refractivity contribution >= 4 is 28.4 Å². The van der Waals surface area contributed by atoms with Gasteiger partial charge in [0.15, 0.2) is 5.65 Å². The van der Waals surface area contributed by atoms with Gasteiger partial charge in [-0.3, -0.25) is 4.79 Å². The number of hydrogen-bond donors (Lipinski definition) is 1. The van der Waals surface area contributed by atoms with Crippen LogP contribution >= 0.6 is 0 Å². The molecule has 0 aliphatic heterocycles. The summed E-state index contributed by atoms with van der Waals surface area (Å²) in [5, 5.41) is 5.54. The Hall–Kier alpha value is -4.28. The molecule has 1 amide bonds. The number of carbonyl (C=O) groups excluding carboxylic acids is 1. The van der Waals surface area contributed by atoms with Crippen molar-refractivity contribution in [2.45, 2.75) is 6.92 Å². The van der Waals surface area contributed by atoms with Crippen LogP contribution in [0, 0.1) is 6.92 Å². The molecule has 0 fully saturated rings. The van der Waals surface area contributed by atoms with E-state index < -0.39 is 0 Å². The molecule has 38 heavy (non-hydrogen) atoms. The first-order valence-corrected chi connectivity index (χ1v) is 12.2. The Labute approximate surface area is 222 Å². The van der Waals surface area contributed by atoms with Crippen molar-refractivity contribution in [3.63, 3.8) is 0 Å². The van der Waals surface area contributed by atoms with Crippen LogP contribution < -0.4 is 15.4 Å². The molecule has 2 aromatic heterocycles. The summed E-state index contributed by atoms with van der Waals surface area (Å²) in [6, 6.07) is 13.5. The fraction of sp³-hybridized carbons (Fsp3) is 0.286. The predicted octanol–water partition coefficient (Wildman–Crippen LogP) is 3.48. The molecule has 10 nitrogen and oxygen atoms in total. The minimum Gasteiger partial charge on any atom is -0.496 e. The van der Waals surface area contributed by atoms with Gasteiger partial charge in [-0.2, -0.15) is 5.10 Å². The van der Waals surface area contributed by atoms with Crippen LogP contribution in [0.15, 0.2) is 60.9 Å². The Balaban J connectivity index is 1.80. The smallest absolute Gasteiger partial charge is 0.250 e. The minimum atomic E-state index is -0.134. The van der Waals surface area contributed by atoms with E-state index in [0.29, 0.717) is 47.9 Å². The number of anilines is 2. The first-order chi connectivity index (χ1) is 18.3. The van der Waals surface area contributed by atoms with Gasteiger partial charge in [-0.25, -0.2) is 14.6 Å². The monoisotopic (exact) mass is 515 g/mol. The summed E-state index contributed by atoms with van der Waals surface area (Å²) in [6.07, 6.45) is 4.85. The van der Waals surface area contributed by atoms with Gasteiger partial charge in [-0.15, -0.1) is 0 Å². The SMILES string of the molecule is COCCN(C(=O)/C=C/CN(C)C)c1cccc(-n2nc(-c3ccc(C)c(OC)c3)c3c(N)ncnc32)c1. The molecule has 2 heterocycles. The van der Waals surface area contributed by atoms with E-state index in [2.05, 4.69) is 9.97 Å². The highest BCUT2D eigenvalue weighted by molar-refractivity contribution is 6.02. The highest BCUT2D eigenvalue weighted by atomic mass is 16.5. The van der Waals surface area contributed by atoms with Crippen molar-refractivity contribution in [2.24, 2.45) is 0 Å². The van der Waals surface area contributed by atoms with Crippen LogP contribution in [0.1, 0.15) is 5.56 Å². The molecule has 0 saturated heterocycles. The zero-order valence-corrected chi connectivity index (χ0v) is 22.4. The standard InChI is InChI=1S/C28H33N7O3/c1-19-11-12-20(16-23(19)38-5)26-25-27(29)30-18-31-28(25)35(32-26)22-9-6-8-21(17-22)34(14-15-37-4)24(36)10-7-13-33(2)3/h6-12,16-18H,13-15H2,1-5H3,(H2,29,30,31)/b10-7+. The van der Waals surface area contributed by atoms with Crippen molar-refractivity contribution < 1.29 is 14.3 Å². The molecule has 4 rings (SSSR count). The zero-order chi connectivity index (χ0) is 27.2. The Kier molecular flexibility index (Phi) is 8.35. The highest BCUT2D eigenvalue weighted by Gasteiger charge is 2.20. The third-order valence-corrected chi connectivity index (χ3v) is 6.08. The maximum absolute atomic E-state index is 13.1. The summed E-state index contributed by atoms with van der Waals surface area (Å²) in [5.41, 5.74) is 10.8. The summed E-state index contributed by atoms with van der Waals surface area (Å²) in [7, 11) is 7.15. The quantitative estimate of drug-likeness (QED) is 0.320. The zero-order valence-electron chi connectivity index (χ0n) is 22.4. The third-order valence-electron chi connectivity index (χ3n) is 6.08. The number of nitrogens with two attached hydrogens (primary N) is 1. The number of benzene rings is 2. The Morgan fingerprint density at radius 1 is 1.13 bits per heavy atom. The molecule has 4 aromatic rings. The van der Waals surface area contributed by atoms with Crippen LogP contribution in [0.25, 0.3) is 28.0 Å². The van der Waals surface area contributed by atoms with Crippen molar-refractivity contribution in [3.8, 4) is 22.7 Å². The number of amides is 1. The number of fused-ring (bicyclic) bond motifs is 1. The molecular weight excluding hydrogens is 482 g/mol. The van der Waals surface area contributed by atoms with Gasteiger partial charge in [0, 0.05) is 37.5 Å². The van der Waals surface area contributed by atoms with E-state index in [4.69, 9.17) is 20.3 Å². The van der Waals surface area contributed by atoms with Gasteiger partial charge in [0.1, 0.15) is 23.6 Å². The number of likely N-dealkylation sites (N-methyl/N-ethyl adjacent to an activating group) is 1. The number of nitrogens with zero attached hydrogens (tertiary/aromatic N) is 6. The van der Waals surface area contributed by atoms with Crippen molar-refractivity contribution in [1.82, 2.24) is 24.6 Å². The summed E-state index contributed by atoms with van der Waals surface area (Å²) >= 11 is 0. The second-order valence-corrected chi connectivity index (χ2v) is 9.07. The molecule has 10 heteroatoms. The third kappa shape index (κ3) is 5.66. The lowest BCUT2D eigenvalue weighted by Gasteiger charge is -2.22. The lowest BCUT2D eigenvalue weighted by molar-refractivity contribution is -0.114. The van der Waals surface area contributed by atoms with E-state index in [1.165, 1.54) is 6.33 Å². The van der Waals surface area contributed by atoms with Crippen molar-refractivity contribution in [1.29, 1.82) is 0 Å². The average Bonchev–Trinajstić information content (AvgIpc) is 3.30. The van der Waals surface area contributed by atoms with Crippen LogP contribution in [0.4, 0.5) is 11.5 Å². The van der Waals surface area contributed by atoms with Crippen LogP contribution in [0.5, 0.6) is 5.75 Å². The van der Waals surface area contributed by atoms with Crippen LogP contribution in [0.2, 0.25) is 0 Å². The molecular formula is C28H33N7O3. The number of ether oxygens (including phenoxy) is 2. The summed E-state index contributed by atoms with van der Waals surface area (Å²) < 4.78 is 12.5. The van der Waals surface area contributed by atoms with Gasteiger partial charge < -0.3 is 25.0 Å².